The van der Waals surface area contributed by atoms with E-state index in [9.17, 15) is 4.79 Å². The summed E-state index contributed by atoms with van der Waals surface area (Å²) in [4.78, 5) is 10.6. The summed E-state index contributed by atoms with van der Waals surface area (Å²) in [6.07, 6.45) is 4.21. The second-order valence-corrected chi connectivity index (χ2v) is 1.50. The molecule has 0 rings (SSSR count). The molecular formula is C7H9NO2. The lowest BCUT2D eigenvalue weighted by Crippen LogP contribution is -2.19. The van der Waals surface area contributed by atoms with Gasteiger partial charge in [-0.2, -0.15) is 0 Å². The van der Waals surface area contributed by atoms with Gasteiger partial charge in [0.1, 0.15) is 0 Å². The third kappa shape index (κ3) is 2.28. The Morgan fingerprint density at radius 3 is 2.40 bits per heavy atom. The van der Waals surface area contributed by atoms with Crippen LogP contribution in [0.5, 0.6) is 0 Å². The average molecular weight is 139 g/mol. The molecule has 0 bridgehead atoms. The average Bonchev–Trinajstić information content (AvgIpc) is 1.99. The molecule has 0 atom stereocenters. The van der Waals surface area contributed by atoms with Crippen molar-refractivity contribution < 1.29 is 10.0 Å². The van der Waals surface area contributed by atoms with E-state index in [0.717, 1.165) is 0 Å². The van der Waals surface area contributed by atoms with Gasteiger partial charge in [0.25, 0.3) is 5.91 Å². The molecule has 3 nitrogen and oxygen atoms in total. The summed E-state index contributed by atoms with van der Waals surface area (Å²) in [5, 5.41) is 8.14. The van der Waals surface area contributed by atoms with Crippen molar-refractivity contribution in [2.24, 2.45) is 0 Å². The lowest BCUT2D eigenvalue weighted by Gasteiger charge is -1.95. The van der Waals surface area contributed by atoms with Crippen LogP contribution in [0.3, 0.4) is 0 Å². The fourth-order valence-corrected chi connectivity index (χ4v) is 0.428. The van der Waals surface area contributed by atoms with Crippen LogP contribution in [0.2, 0.25) is 0 Å². The molecule has 0 unspecified atom stereocenters. The van der Waals surface area contributed by atoms with Gasteiger partial charge in [-0.3, -0.25) is 10.0 Å². The van der Waals surface area contributed by atoms with Gasteiger partial charge in [0, 0.05) is 5.57 Å². The number of hydrogen-bond acceptors (Lipinski definition) is 2. The number of hydroxylamine groups is 1. The van der Waals surface area contributed by atoms with Crippen LogP contribution in [-0.2, 0) is 4.79 Å². The van der Waals surface area contributed by atoms with Crippen molar-refractivity contribution in [3.8, 4) is 0 Å². The molecule has 0 saturated carbocycles. The Morgan fingerprint density at radius 2 is 2.10 bits per heavy atom. The molecule has 0 fully saturated rings. The molecular weight excluding hydrogens is 130 g/mol. The highest BCUT2D eigenvalue weighted by Crippen LogP contribution is 1.94. The molecule has 0 spiro atoms. The van der Waals surface area contributed by atoms with E-state index < -0.39 is 5.91 Å². The van der Waals surface area contributed by atoms with E-state index >= 15 is 0 Å². The molecule has 1 amide bonds. The zero-order valence-electron chi connectivity index (χ0n) is 5.50. The second kappa shape index (κ2) is 4.52. The molecule has 0 aliphatic carbocycles. The van der Waals surface area contributed by atoms with Crippen LogP contribution in [0.4, 0.5) is 0 Å². The fourth-order valence-electron chi connectivity index (χ4n) is 0.428. The first-order valence-electron chi connectivity index (χ1n) is 2.65. The Hall–Kier alpha value is -1.35. The summed E-state index contributed by atoms with van der Waals surface area (Å²) in [6, 6.07) is 0. The number of carbonyl (C=O) groups excluding carboxylic acids is 1. The highest BCUT2D eigenvalue weighted by atomic mass is 16.5. The summed E-state index contributed by atoms with van der Waals surface area (Å²) in [5.41, 5.74) is 1.75. The molecule has 3 heteroatoms. The minimum atomic E-state index is -0.588. The summed E-state index contributed by atoms with van der Waals surface area (Å²) in [5.74, 6) is -0.588. The highest BCUT2D eigenvalue weighted by molar-refractivity contribution is 5.95. The number of nitrogens with one attached hydrogen (secondary N) is 1. The predicted octanol–water partition coefficient (Wildman–Crippen LogP) is 0.790. The van der Waals surface area contributed by atoms with Crippen LogP contribution in [0.15, 0.2) is 37.0 Å². The second-order valence-electron chi connectivity index (χ2n) is 1.50. The van der Waals surface area contributed by atoms with Gasteiger partial charge in [0.05, 0.1) is 0 Å². The largest absolute Gasteiger partial charge is 0.288 e. The number of carbonyl (C=O) groups is 1. The van der Waals surface area contributed by atoms with Gasteiger partial charge in [-0.05, 0) is 6.08 Å². The summed E-state index contributed by atoms with van der Waals surface area (Å²) < 4.78 is 0. The van der Waals surface area contributed by atoms with Crippen LogP contribution in [0.1, 0.15) is 0 Å². The van der Waals surface area contributed by atoms with Crippen molar-refractivity contribution in [1.82, 2.24) is 5.48 Å². The molecule has 0 aromatic carbocycles. The minimum absolute atomic E-state index is 0.275. The smallest absolute Gasteiger partial charge is 0.274 e. The Balaban J connectivity index is 4.34. The molecule has 0 radical (unpaired) electrons. The van der Waals surface area contributed by atoms with Crippen molar-refractivity contribution in [2.45, 2.75) is 0 Å². The summed E-state index contributed by atoms with van der Waals surface area (Å²) in [6.45, 7) is 6.74. The van der Waals surface area contributed by atoms with Crippen LogP contribution < -0.4 is 5.48 Å². The number of allylic oxidation sites excluding steroid dienone is 2. The normalized spacial score (nSPS) is 10.3. The first-order chi connectivity index (χ1) is 4.76. The van der Waals surface area contributed by atoms with Crippen molar-refractivity contribution in [2.75, 3.05) is 0 Å². The standard InChI is InChI=1S/C7H9NO2/c1-3-5-6(4-2)7(9)8-10/h3-5,10H,1-2H2,(H,8,9). The third-order valence-electron chi connectivity index (χ3n) is 0.881. The van der Waals surface area contributed by atoms with E-state index in [2.05, 4.69) is 13.2 Å². The maximum atomic E-state index is 10.6. The summed E-state index contributed by atoms with van der Waals surface area (Å²) in [7, 11) is 0. The summed E-state index contributed by atoms with van der Waals surface area (Å²) >= 11 is 0. The van der Waals surface area contributed by atoms with E-state index in [1.807, 2.05) is 0 Å². The lowest BCUT2D eigenvalue weighted by molar-refractivity contribution is -0.124. The molecule has 0 aromatic rings. The first kappa shape index (κ1) is 8.65. The van der Waals surface area contributed by atoms with Crippen LogP contribution in [0.25, 0.3) is 0 Å². The van der Waals surface area contributed by atoms with E-state index in [1.54, 1.807) is 0 Å². The van der Waals surface area contributed by atoms with E-state index in [1.165, 1.54) is 23.7 Å². The van der Waals surface area contributed by atoms with E-state index in [4.69, 9.17) is 5.21 Å². The van der Waals surface area contributed by atoms with E-state index in [-0.39, 0.29) is 5.57 Å². The monoisotopic (exact) mass is 139 g/mol. The molecule has 10 heavy (non-hydrogen) atoms. The molecule has 0 saturated heterocycles. The Morgan fingerprint density at radius 1 is 1.50 bits per heavy atom. The van der Waals surface area contributed by atoms with Crippen LogP contribution in [0, 0.1) is 0 Å². The molecule has 0 heterocycles. The van der Waals surface area contributed by atoms with Gasteiger partial charge in [-0.15, -0.1) is 0 Å². The Kier molecular flexibility index (Phi) is 3.91. The predicted molar refractivity (Wildman–Crippen MR) is 38.4 cm³/mol. The maximum absolute atomic E-state index is 10.6. The van der Waals surface area contributed by atoms with Gasteiger partial charge < -0.3 is 0 Å². The zero-order chi connectivity index (χ0) is 7.98. The number of hydrogen-bond donors (Lipinski definition) is 2. The molecule has 0 aliphatic rings. The van der Waals surface area contributed by atoms with Crippen LogP contribution >= 0.6 is 0 Å². The number of rotatable bonds is 3. The molecule has 0 aromatic heterocycles. The topological polar surface area (TPSA) is 49.3 Å². The molecule has 54 valence electrons. The third-order valence-corrected chi connectivity index (χ3v) is 0.881. The highest BCUT2D eigenvalue weighted by Gasteiger charge is 2.00. The van der Waals surface area contributed by atoms with Gasteiger partial charge in [-0.25, -0.2) is 5.48 Å². The van der Waals surface area contributed by atoms with Gasteiger partial charge >= 0.3 is 0 Å². The quantitative estimate of drug-likeness (QED) is 0.263. The van der Waals surface area contributed by atoms with Crippen molar-refractivity contribution >= 4 is 5.91 Å². The Bertz CT molecular complexity index is 182. The zero-order valence-corrected chi connectivity index (χ0v) is 5.50. The van der Waals surface area contributed by atoms with E-state index in [0.29, 0.717) is 0 Å². The molecule has 2 N–H and O–H groups in total. The fraction of sp³-hybridized carbons (Fsp3) is 0. The van der Waals surface area contributed by atoms with Crippen LogP contribution in [-0.4, -0.2) is 11.1 Å². The number of amides is 1. The molecule has 0 aliphatic heterocycles. The minimum Gasteiger partial charge on any atom is -0.288 e. The lowest BCUT2D eigenvalue weighted by atomic mass is 10.2. The Labute approximate surface area is 59.3 Å². The first-order valence-corrected chi connectivity index (χ1v) is 2.65. The van der Waals surface area contributed by atoms with Gasteiger partial charge in [-0.1, -0.05) is 25.3 Å². The van der Waals surface area contributed by atoms with Gasteiger partial charge in [0.2, 0.25) is 0 Å². The van der Waals surface area contributed by atoms with Crippen molar-refractivity contribution in [1.29, 1.82) is 0 Å². The van der Waals surface area contributed by atoms with Crippen molar-refractivity contribution in [3.05, 3.63) is 37.0 Å². The maximum Gasteiger partial charge on any atom is 0.274 e. The SMILES string of the molecule is C=CC=C(C=C)C(=O)NO. The van der Waals surface area contributed by atoms with Crippen molar-refractivity contribution in [3.63, 3.8) is 0 Å². The van der Waals surface area contributed by atoms with Gasteiger partial charge in [0.15, 0.2) is 0 Å².